The zero-order chi connectivity index (χ0) is 20.6. The summed E-state index contributed by atoms with van der Waals surface area (Å²) in [6.45, 7) is 2.06. The van der Waals surface area contributed by atoms with Gasteiger partial charge in [0.25, 0.3) is 15.9 Å². The van der Waals surface area contributed by atoms with Gasteiger partial charge in [0.1, 0.15) is 9.77 Å². The van der Waals surface area contributed by atoms with Crippen LogP contribution in [0.5, 0.6) is 11.5 Å². The van der Waals surface area contributed by atoms with E-state index in [0.29, 0.717) is 22.9 Å². The highest BCUT2D eigenvalue weighted by atomic mass is 32.2. The Kier molecular flexibility index (Phi) is 4.93. The monoisotopic (exact) mass is 430 g/mol. The van der Waals surface area contributed by atoms with E-state index in [9.17, 15) is 13.2 Å². The second-order valence-electron chi connectivity index (χ2n) is 6.44. The molecular formula is C20H18N2O5S2. The first-order valence-corrected chi connectivity index (χ1v) is 11.0. The Bertz CT molecular complexity index is 1170. The molecule has 0 bridgehead atoms. The molecule has 1 aliphatic rings. The van der Waals surface area contributed by atoms with Gasteiger partial charge in [0.2, 0.25) is 6.79 Å². The third kappa shape index (κ3) is 3.66. The van der Waals surface area contributed by atoms with Gasteiger partial charge in [-0.15, -0.1) is 11.3 Å². The van der Waals surface area contributed by atoms with E-state index in [4.69, 9.17) is 9.47 Å². The summed E-state index contributed by atoms with van der Waals surface area (Å²) in [6, 6.07) is 13.6. The van der Waals surface area contributed by atoms with Crippen molar-refractivity contribution >= 4 is 38.6 Å². The van der Waals surface area contributed by atoms with E-state index in [0.717, 1.165) is 16.9 Å². The number of amides is 1. The van der Waals surface area contributed by atoms with Crippen LogP contribution in [0.25, 0.3) is 0 Å². The third-order valence-corrected chi connectivity index (χ3v) is 7.37. The number of nitrogens with one attached hydrogen (secondary N) is 1. The number of hydrogen-bond donors (Lipinski definition) is 1. The lowest BCUT2D eigenvalue weighted by Gasteiger charge is -2.19. The Morgan fingerprint density at radius 2 is 1.79 bits per heavy atom. The molecule has 0 unspecified atom stereocenters. The molecule has 0 atom stereocenters. The molecule has 0 saturated carbocycles. The summed E-state index contributed by atoms with van der Waals surface area (Å²) in [5.74, 6) is 0.623. The topological polar surface area (TPSA) is 84.9 Å². The van der Waals surface area contributed by atoms with Crippen LogP contribution in [0.2, 0.25) is 0 Å². The first kappa shape index (κ1) is 19.3. The molecule has 1 aliphatic heterocycles. The van der Waals surface area contributed by atoms with Crippen molar-refractivity contribution in [2.75, 3.05) is 23.5 Å². The number of hydrogen-bond acceptors (Lipinski definition) is 6. The molecule has 2 aromatic carbocycles. The van der Waals surface area contributed by atoms with Crippen LogP contribution in [0.1, 0.15) is 15.2 Å². The molecule has 0 fully saturated rings. The van der Waals surface area contributed by atoms with Crippen LogP contribution in [0.4, 0.5) is 11.4 Å². The molecule has 4 rings (SSSR count). The minimum Gasteiger partial charge on any atom is -0.454 e. The normalized spacial score (nSPS) is 12.6. The summed E-state index contributed by atoms with van der Waals surface area (Å²) >= 11 is 1.07. The van der Waals surface area contributed by atoms with Crippen molar-refractivity contribution in [1.82, 2.24) is 0 Å². The van der Waals surface area contributed by atoms with Gasteiger partial charge in [-0.25, -0.2) is 8.42 Å². The second-order valence-corrected chi connectivity index (χ2v) is 9.30. The SMILES string of the molecule is Cc1ccc(N(C)S(=O)(=O)c2ccsc2C(=O)Nc2ccc3c(c2)OCO3)cc1. The molecular weight excluding hydrogens is 412 g/mol. The van der Waals surface area contributed by atoms with Gasteiger partial charge in [-0.3, -0.25) is 9.10 Å². The highest BCUT2D eigenvalue weighted by molar-refractivity contribution is 7.93. The Hall–Kier alpha value is -3.04. The first-order valence-electron chi connectivity index (χ1n) is 8.70. The fourth-order valence-electron chi connectivity index (χ4n) is 2.87. The third-order valence-electron chi connectivity index (χ3n) is 4.50. The molecule has 2 heterocycles. The largest absolute Gasteiger partial charge is 0.454 e. The number of ether oxygens (including phenoxy) is 2. The summed E-state index contributed by atoms with van der Waals surface area (Å²) in [5, 5.41) is 4.31. The van der Waals surface area contributed by atoms with Gasteiger partial charge in [0, 0.05) is 18.8 Å². The average molecular weight is 431 g/mol. The van der Waals surface area contributed by atoms with Crippen molar-refractivity contribution in [3.05, 3.63) is 64.4 Å². The van der Waals surface area contributed by atoms with Crippen molar-refractivity contribution in [2.45, 2.75) is 11.8 Å². The fourth-order valence-corrected chi connectivity index (χ4v) is 5.36. The smallest absolute Gasteiger partial charge is 0.267 e. The quantitative estimate of drug-likeness (QED) is 0.664. The maximum Gasteiger partial charge on any atom is 0.267 e. The van der Waals surface area contributed by atoms with Gasteiger partial charge in [0.05, 0.1) is 5.69 Å². The van der Waals surface area contributed by atoms with Crippen LogP contribution >= 0.6 is 11.3 Å². The lowest BCUT2D eigenvalue weighted by molar-refractivity contribution is 0.102. The van der Waals surface area contributed by atoms with E-state index in [-0.39, 0.29) is 16.6 Å². The lowest BCUT2D eigenvalue weighted by atomic mass is 10.2. The molecule has 150 valence electrons. The highest BCUT2D eigenvalue weighted by Crippen LogP contribution is 2.35. The maximum atomic E-state index is 13.1. The van der Waals surface area contributed by atoms with Gasteiger partial charge < -0.3 is 14.8 Å². The Labute approximate surface area is 172 Å². The number of carbonyl (C=O) groups excluding carboxylic acids is 1. The molecule has 0 aliphatic carbocycles. The number of aryl methyl sites for hydroxylation is 1. The number of rotatable bonds is 5. The van der Waals surface area contributed by atoms with E-state index >= 15 is 0 Å². The molecule has 0 spiro atoms. The summed E-state index contributed by atoms with van der Waals surface area (Å²) in [5.41, 5.74) is 2.03. The van der Waals surface area contributed by atoms with Crippen LogP contribution < -0.4 is 19.1 Å². The van der Waals surface area contributed by atoms with Crippen molar-refractivity contribution in [3.8, 4) is 11.5 Å². The van der Waals surface area contributed by atoms with E-state index in [1.165, 1.54) is 17.4 Å². The van der Waals surface area contributed by atoms with Crippen LogP contribution in [0, 0.1) is 6.92 Å². The van der Waals surface area contributed by atoms with Crippen LogP contribution in [0.3, 0.4) is 0 Å². The lowest BCUT2D eigenvalue weighted by Crippen LogP contribution is -2.28. The molecule has 0 radical (unpaired) electrons. The summed E-state index contributed by atoms with van der Waals surface area (Å²) in [6.07, 6.45) is 0. The first-order chi connectivity index (χ1) is 13.9. The van der Waals surface area contributed by atoms with Gasteiger partial charge in [-0.05, 0) is 42.6 Å². The van der Waals surface area contributed by atoms with Crippen LogP contribution in [0.15, 0.2) is 58.8 Å². The summed E-state index contributed by atoms with van der Waals surface area (Å²) in [7, 11) is -2.43. The van der Waals surface area contributed by atoms with Crippen molar-refractivity contribution in [1.29, 1.82) is 0 Å². The molecule has 29 heavy (non-hydrogen) atoms. The summed E-state index contributed by atoms with van der Waals surface area (Å²) in [4.78, 5) is 12.9. The molecule has 1 amide bonds. The average Bonchev–Trinajstić information content (AvgIpc) is 3.37. The number of carbonyl (C=O) groups is 1. The molecule has 9 heteroatoms. The number of nitrogens with zero attached hydrogens (tertiary/aromatic N) is 1. The van der Waals surface area contributed by atoms with Crippen LogP contribution in [-0.2, 0) is 10.0 Å². The van der Waals surface area contributed by atoms with Gasteiger partial charge in [0.15, 0.2) is 11.5 Å². The van der Waals surface area contributed by atoms with E-state index in [1.54, 1.807) is 35.7 Å². The van der Waals surface area contributed by atoms with Crippen LogP contribution in [-0.4, -0.2) is 28.2 Å². The molecule has 3 aromatic rings. The van der Waals surface area contributed by atoms with Crippen molar-refractivity contribution < 1.29 is 22.7 Å². The number of anilines is 2. The van der Waals surface area contributed by atoms with Crippen molar-refractivity contribution in [3.63, 3.8) is 0 Å². The number of sulfonamides is 1. The molecule has 7 nitrogen and oxygen atoms in total. The zero-order valence-electron chi connectivity index (χ0n) is 15.7. The van der Waals surface area contributed by atoms with E-state index in [2.05, 4.69) is 5.32 Å². The molecule has 1 N–H and O–H groups in total. The fraction of sp³-hybridized carbons (Fsp3) is 0.150. The number of fused-ring (bicyclic) bond motifs is 1. The van der Waals surface area contributed by atoms with Gasteiger partial charge in [-0.2, -0.15) is 0 Å². The minimum absolute atomic E-state index is 0.0381. The maximum absolute atomic E-state index is 13.1. The molecule has 1 aromatic heterocycles. The Morgan fingerprint density at radius 1 is 1.07 bits per heavy atom. The van der Waals surface area contributed by atoms with E-state index in [1.807, 2.05) is 19.1 Å². The summed E-state index contributed by atoms with van der Waals surface area (Å²) < 4.78 is 38.0. The van der Waals surface area contributed by atoms with Gasteiger partial charge >= 0.3 is 0 Å². The highest BCUT2D eigenvalue weighted by Gasteiger charge is 2.28. The van der Waals surface area contributed by atoms with Gasteiger partial charge in [-0.1, -0.05) is 17.7 Å². The number of thiophene rings is 1. The predicted octanol–water partition coefficient (Wildman–Crippen LogP) is 3.86. The minimum atomic E-state index is -3.90. The molecule has 0 saturated heterocycles. The Morgan fingerprint density at radius 3 is 2.55 bits per heavy atom. The number of benzene rings is 2. The van der Waals surface area contributed by atoms with E-state index < -0.39 is 15.9 Å². The Balaban J connectivity index is 1.60. The zero-order valence-corrected chi connectivity index (χ0v) is 17.3. The standard InChI is InChI=1S/C20H18N2O5S2/c1-13-3-6-15(7-4-13)22(2)29(24,25)18-9-10-28-19(18)20(23)21-14-5-8-16-17(11-14)27-12-26-16/h3-11H,12H2,1-2H3,(H,21,23). The second kappa shape index (κ2) is 7.41. The van der Waals surface area contributed by atoms with Crippen molar-refractivity contribution in [2.24, 2.45) is 0 Å². The predicted molar refractivity (Wildman–Crippen MR) is 112 cm³/mol.